The molecule has 0 radical (unpaired) electrons. The molecule has 2 aromatic rings. The number of halogens is 1. The second kappa shape index (κ2) is 8.15. The van der Waals surface area contributed by atoms with Crippen LogP contribution in [0.2, 0.25) is 5.02 Å². The number of nitrogens with one attached hydrogen (secondary N) is 1. The van der Waals surface area contributed by atoms with E-state index in [1.54, 1.807) is 11.3 Å². The van der Waals surface area contributed by atoms with Gasteiger partial charge in [-0.05, 0) is 57.2 Å². The standard InChI is InChI=1S/C20H28ClNO3S/c1-6-15(22-18(23)25-19(3,4)5)12-20(24,7-2)17-10-13-8-9-14(21)11-16(13)26-17/h8-11,15,24H,6-7,12H2,1-5H3,(H,22,23). The molecule has 1 heterocycles. The van der Waals surface area contributed by atoms with Crippen molar-refractivity contribution in [3.8, 4) is 0 Å². The average Bonchev–Trinajstić information content (AvgIpc) is 2.96. The molecule has 0 saturated carbocycles. The molecule has 0 aliphatic carbocycles. The maximum Gasteiger partial charge on any atom is 0.407 e. The number of hydrogen-bond donors (Lipinski definition) is 2. The van der Waals surface area contributed by atoms with Crippen molar-refractivity contribution >= 4 is 39.1 Å². The Balaban J connectivity index is 2.19. The van der Waals surface area contributed by atoms with E-state index in [0.29, 0.717) is 24.3 Å². The molecule has 4 nitrogen and oxygen atoms in total. The van der Waals surface area contributed by atoms with Gasteiger partial charge in [-0.3, -0.25) is 0 Å². The number of rotatable bonds is 6. The molecule has 0 saturated heterocycles. The van der Waals surface area contributed by atoms with Crippen LogP contribution >= 0.6 is 22.9 Å². The number of fused-ring (bicyclic) bond motifs is 1. The van der Waals surface area contributed by atoms with Crippen LogP contribution in [0.3, 0.4) is 0 Å². The highest BCUT2D eigenvalue weighted by molar-refractivity contribution is 7.19. The zero-order valence-corrected chi connectivity index (χ0v) is 17.6. The Hall–Kier alpha value is -1.30. The minimum atomic E-state index is -1.01. The van der Waals surface area contributed by atoms with Crippen molar-refractivity contribution in [1.82, 2.24) is 5.32 Å². The quantitative estimate of drug-likeness (QED) is 0.643. The first-order chi connectivity index (χ1) is 12.1. The monoisotopic (exact) mass is 397 g/mol. The number of amides is 1. The first-order valence-corrected chi connectivity index (χ1v) is 10.2. The summed E-state index contributed by atoms with van der Waals surface area (Å²) in [6.07, 6.45) is 1.24. The summed E-state index contributed by atoms with van der Waals surface area (Å²) in [5, 5.41) is 15.9. The molecule has 1 amide bonds. The zero-order chi connectivity index (χ0) is 19.5. The van der Waals surface area contributed by atoms with Gasteiger partial charge in [0, 0.05) is 27.1 Å². The Labute approximate surface area is 164 Å². The molecule has 0 aliphatic heterocycles. The highest BCUT2D eigenvalue weighted by atomic mass is 35.5. The fourth-order valence-electron chi connectivity index (χ4n) is 2.83. The van der Waals surface area contributed by atoms with Crippen LogP contribution < -0.4 is 5.32 Å². The summed E-state index contributed by atoms with van der Waals surface area (Å²) in [6, 6.07) is 7.56. The van der Waals surface area contributed by atoms with Gasteiger partial charge >= 0.3 is 6.09 Å². The van der Waals surface area contributed by atoms with Crippen LogP contribution in [0.25, 0.3) is 10.1 Å². The number of ether oxygens (including phenoxy) is 1. The molecule has 2 N–H and O–H groups in total. The van der Waals surface area contributed by atoms with Gasteiger partial charge in [-0.15, -0.1) is 11.3 Å². The van der Waals surface area contributed by atoms with Gasteiger partial charge in [-0.25, -0.2) is 4.79 Å². The molecule has 2 rings (SSSR count). The number of carbonyl (C=O) groups excluding carboxylic acids is 1. The van der Waals surface area contributed by atoms with Crippen molar-refractivity contribution in [2.75, 3.05) is 0 Å². The van der Waals surface area contributed by atoms with Crippen LogP contribution in [0.15, 0.2) is 24.3 Å². The summed E-state index contributed by atoms with van der Waals surface area (Å²) in [4.78, 5) is 13.0. The summed E-state index contributed by atoms with van der Waals surface area (Å²) in [5.74, 6) is 0. The van der Waals surface area contributed by atoms with E-state index in [2.05, 4.69) is 5.32 Å². The lowest BCUT2D eigenvalue weighted by Crippen LogP contribution is -2.42. The zero-order valence-electron chi connectivity index (χ0n) is 16.1. The van der Waals surface area contributed by atoms with Crippen molar-refractivity contribution in [1.29, 1.82) is 0 Å². The molecule has 2 atom stereocenters. The van der Waals surface area contributed by atoms with Crippen molar-refractivity contribution in [3.63, 3.8) is 0 Å². The van der Waals surface area contributed by atoms with E-state index in [-0.39, 0.29) is 6.04 Å². The molecule has 2 unspecified atom stereocenters. The third-order valence-electron chi connectivity index (χ3n) is 4.32. The maximum absolute atomic E-state index is 12.1. The van der Waals surface area contributed by atoms with Crippen LogP contribution in [-0.2, 0) is 10.3 Å². The van der Waals surface area contributed by atoms with E-state index >= 15 is 0 Å². The number of carbonyl (C=O) groups is 1. The molecule has 6 heteroatoms. The molecule has 0 fully saturated rings. The fraction of sp³-hybridized carbons (Fsp3) is 0.550. The van der Waals surface area contributed by atoms with Crippen LogP contribution in [0.4, 0.5) is 4.79 Å². The van der Waals surface area contributed by atoms with Gasteiger partial charge in [0.1, 0.15) is 11.2 Å². The molecule has 0 aliphatic rings. The number of hydrogen-bond acceptors (Lipinski definition) is 4. The minimum absolute atomic E-state index is 0.177. The van der Waals surface area contributed by atoms with Gasteiger partial charge in [0.2, 0.25) is 0 Å². The average molecular weight is 398 g/mol. The lowest BCUT2D eigenvalue weighted by atomic mass is 9.89. The Bertz CT molecular complexity index is 768. The van der Waals surface area contributed by atoms with Crippen molar-refractivity contribution < 1.29 is 14.6 Å². The van der Waals surface area contributed by atoms with E-state index in [4.69, 9.17) is 16.3 Å². The Morgan fingerprint density at radius 2 is 2.00 bits per heavy atom. The van der Waals surface area contributed by atoms with Gasteiger partial charge in [0.05, 0.1) is 0 Å². The number of thiophene rings is 1. The maximum atomic E-state index is 12.1. The van der Waals surface area contributed by atoms with Crippen LogP contribution in [0.5, 0.6) is 0 Å². The number of benzene rings is 1. The van der Waals surface area contributed by atoms with E-state index in [1.807, 2.05) is 58.9 Å². The Kier molecular flexibility index (Phi) is 6.59. The predicted octanol–water partition coefficient (Wildman–Crippen LogP) is 5.85. The van der Waals surface area contributed by atoms with E-state index in [9.17, 15) is 9.90 Å². The first kappa shape index (κ1) is 21.0. The number of alkyl carbamates (subject to hydrolysis) is 1. The molecule has 1 aromatic heterocycles. The van der Waals surface area contributed by atoms with E-state index < -0.39 is 17.3 Å². The van der Waals surface area contributed by atoms with Gasteiger partial charge in [-0.1, -0.05) is 31.5 Å². The van der Waals surface area contributed by atoms with E-state index in [1.165, 1.54) is 0 Å². The van der Waals surface area contributed by atoms with Crippen molar-refractivity contribution in [3.05, 3.63) is 34.2 Å². The molecule has 144 valence electrons. The highest BCUT2D eigenvalue weighted by Crippen LogP contribution is 2.39. The lowest BCUT2D eigenvalue weighted by Gasteiger charge is -2.31. The van der Waals surface area contributed by atoms with Crippen molar-refractivity contribution in [2.24, 2.45) is 0 Å². The topological polar surface area (TPSA) is 58.6 Å². The number of aliphatic hydroxyl groups is 1. The third-order valence-corrected chi connectivity index (χ3v) is 5.85. The summed E-state index contributed by atoms with van der Waals surface area (Å²) >= 11 is 7.62. The first-order valence-electron chi connectivity index (χ1n) is 8.98. The smallest absolute Gasteiger partial charge is 0.407 e. The second-order valence-electron chi connectivity index (χ2n) is 7.63. The van der Waals surface area contributed by atoms with Crippen LogP contribution in [0, 0.1) is 0 Å². The minimum Gasteiger partial charge on any atom is -0.444 e. The Morgan fingerprint density at radius 3 is 2.58 bits per heavy atom. The molecule has 26 heavy (non-hydrogen) atoms. The fourth-order valence-corrected chi connectivity index (χ4v) is 4.34. The van der Waals surface area contributed by atoms with E-state index in [0.717, 1.165) is 15.0 Å². The summed E-state index contributed by atoms with van der Waals surface area (Å²) in [7, 11) is 0. The van der Waals surface area contributed by atoms with Crippen molar-refractivity contribution in [2.45, 2.75) is 71.1 Å². The summed E-state index contributed by atoms with van der Waals surface area (Å²) in [6.45, 7) is 9.44. The van der Waals surface area contributed by atoms with Gasteiger partial charge in [-0.2, -0.15) is 0 Å². The van der Waals surface area contributed by atoms with Gasteiger partial charge in [0.25, 0.3) is 0 Å². The molecule has 0 bridgehead atoms. The molecular weight excluding hydrogens is 370 g/mol. The second-order valence-corrected chi connectivity index (χ2v) is 9.15. The predicted molar refractivity (Wildman–Crippen MR) is 109 cm³/mol. The van der Waals surface area contributed by atoms with Crippen LogP contribution in [0.1, 0.15) is 58.8 Å². The molecule has 0 spiro atoms. The molecular formula is C20H28ClNO3S. The Morgan fingerprint density at radius 1 is 1.31 bits per heavy atom. The summed E-state index contributed by atoms with van der Waals surface area (Å²) in [5.41, 5.74) is -1.56. The SMILES string of the molecule is CCC(CC(O)(CC)c1cc2ccc(Cl)cc2s1)NC(=O)OC(C)(C)C. The van der Waals surface area contributed by atoms with Crippen LogP contribution in [-0.4, -0.2) is 22.8 Å². The largest absolute Gasteiger partial charge is 0.444 e. The third kappa shape index (κ3) is 5.35. The highest BCUT2D eigenvalue weighted by Gasteiger charge is 2.33. The van der Waals surface area contributed by atoms with Gasteiger partial charge < -0.3 is 15.2 Å². The molecule has 1 aromatic carbocycles. The lowest BCUT2D eigenvalue weighted by molar-refractivity contribution is 0.0119. The van der Waals surface area contributed by atoms with Gasteiger partial charge in [0.15, 0.2) is 0 Å². The normalized spacial score (nSPS) is 15.5. The summed E-state index contributed by atoms with van der Waals surface area (Å²) < 4.78 is 6.39.